The van der Waals surface area contributed by atoms with Crippen LogP contribution < -0.4 is 22.1 Å². The number of carboxylic acids is 1. The number of benzene rings is 1. The topological polar surface area (TPSA) is 172 Å². The van der Waals surface area contributed by atoms with Gasteiger partial charge in [-0.1, -0.05) is 36.4 Å². The van der Waals surface area contributed by atoms with Crippen LogP contribution in [0.15, 0.2) is 47.5 Å². The molecule has 2 rings (SSSR count). The molecule has 180 valence electrons. The Kier molecular flexibility index (Phi) is 10.7. The van der Waals surface area contributed by atoms with Gasteiger partial charge < -0.3 is 36.8 Å². The number of hydrogen-bond acceptors (Lipinski definition) is 5. The number of guanidine groups is 1. The zero-order valence-corrected chi connectivity index (χ0v) is 18.5. The fourth-order valence-electron chi connectivity index (χ4n) is 3.28. The zero-order valence-electron chi connectivity index (χ0n) is 18.5. The van der Waals surface area contributed by atoms with E-state index in [-0.39, 0.29) is 18.4 Å². The van der Waals surface area contributed by atoms with Crippen LogP contribution >= 0.6 is 0 Å². The number of hydrogen-bond donors (Lipinski definition) is 5. The zero-order chi connectivity index (χ0) is 24.1. The fraction of sp³-hybridized carbons (Fsp3) is 0.455. The quantitative estimate of drug-likeness (QED) is 0.132. The molecular formula is C22H32N6O5. The van der Waals surface area contributed by atoms with E-state index in [1.807, 2.05) is 30.3 Å². The maximum absolute atomic E-state index is 13.1. The number of aliphatic imine (C=N–C) groups is 1. The number of carbonyl (C=O) groups excluding carboxylic acids is 2. The highest BCUT2D eigenvalue weighted by molar-refractivity contribution is 5.88. The molecule has 1 aliphatic rings. The number of urea groups is 1. The van der Waals surface area contributed by atoms with Crippen molar-refractivity contribution >= 4 is 23.9 Å². The summed E-state index contributed by atoms with van der Waals surface area (Å²) < 4.78 is 5.28. The Morgan fingerprint density at radius 1 is 1.15 bits per heavy atom. The number of aliphatic carboxylic acids is 1. The minimum Gasteiger partial charge on any atom is -0.478 e. The maximum atomic E-state index is 13.1. The molecule has 0 aliphatic carbocycles. The predicted octanol–water partition coefficient (Wildman–Crippen LogP) is -0.181. The molecule has 33 heavy (non-hydrogen) atoms. The molecule has 1 fully saturated rings. The fourth-order valence-corrected chi connectivity index (χ4v) is 3.28. The first-order valence-electron chi connectivity index (χ1n) is 10.8. The lowest BCUT2D eigenvalue weighted by Gasteiger charge is -2.29. The van der Waals surface area contributed by atoms with Crippen molar-refractivity contribution in [3.05, 3.63) is 48.0 Å². The first kappa shape index (κ1) is 25.7. The van der Waals surface area contributed by atoms with E-state index in [1.165, 1.54) is 6.08 Å². The van der Waals surface area contributed by atoms with Gasteiger partial charge in [0.15, 0.2) is 5.96 Å². The average Bonchev–Trinajstić information content (AvgIpc) is 2.80. The molecule has 1 aliphatic heterocycles. The molecule has 0 bridgehead atoms. The molecule has 11 heteroatoms. The van der Waals surface area contributed by atoms with Gasteiger partial charge >= 0.3 is 12.0 Å². The number of nitrogens with zero attached hydrogens (tertiary/aromatic N) is 2. The molecule has 1 heterocycles. The third-order valence-electron chi connectivity index (χ3n) is 4.96. The van der Waals surface area contributed by atoms with Gasteiger partial charge in [-0.15, -0.1) is 0 Å². The van der Waals surface area contributed by atoms with Gasteiger partial charge in [-0.25, -0.2) is 9.59 Å². The summed E-state index contributed by atoms with van der Waals surface area (Å²) in [5, 5.41) is 14.6. The highest BCUT2D eigenvalue weighted by Gasteiger charge is 2.26. The smallest absolute Gasteiger partial charge is 0.328 e. The molecular weight excluding hydrogens is 428 g/mol. The number of amides is 3. The van der Waals surface area contributed by atoms with Gasteiger partial charge in [-0.2, -0.15) is 0 Å². The van der Waals surface area contributed by atoms with E-state index >= 15 is 0 Å². The second kappa shape index (κ2) is 13.7. The van der Waals surface area contributed by atoms with Crippen molar-refractivity contribution in [2.45, 2.75) is 31.3 Å². The third kappa shape index (κ3) is 10.0. The van der Waals surface area contributed by atoms with Crippen molar-refractivity contribution < 1.29 is 24.2 Å². The van der Waals surface area contributed by atoms with Gasteiger partial charge in [0.05, 0.1) is 13.2 Å². The van der Waals surface area contributed by atoms with Crippen molar-refractivity contribution in [2.24, 2.45) is 16.5 Å². The summed E-state index contributed by atoms with van der Waals surface area (Å²) in [5.74, 6) is -1.58. The molecule has 3 amide bonds. The van der Waals surface area contributed by atoms with Crippen molar-refractivity contribution in [3.63, 3.8) is 0 Å². The molecule has 1 aromatic carbocycles. The number of morpholine rings is 1. The van der Waals surface area contributed by atoms with Gasteiger partial charge in [0.2, 0.25) is 5.91 Å². The van der Waals surface area contributed by atoms with E-state index < -0.39 is 24.0 Å². The normalized spacial score (nSPS) is 15.5. The molecule has 7 N–H and O–H groups in total. The molecule has 0 radical (unpaired) electrons. The Balaban J connectivity index is 2.10. The molecule has 2 atom stereocenters. The van der Waals surface area contributed by atoms with E-state index in [9.17, 15) is 14.4 Å². The largest absolute Gasteiger partial charge is 0.478 e. The van der Waals surface area contributed by atoms with Gasteiger partial charge in [-0.05, 0) is 18.4 Å². The second-order valence-corrected chi connectivity index (χ2v) is 7.55. The number of rotatable bonds is 11. The summed E-state index contributed by atoms with van der Waals surface area (Å²) >= 11 is 0. The van der Waals surface area contributed by atoms with Gasteiger partial charge in [-0.3, -0.25) is 9.79 Å². The van der Waals surface area contributed by atoms with Gasteiger partial charge in [0.25, 0.3) is 0 Å². The molecule has 0 spiro atoms. The van der Waals surface area contributed by atoms with Gasteiger partial charge in [0, 0.05) is 38.2 Å². The number of nitrogens with two attached hydrogens (primary N) is 2. The van der Waals surface area contributed by atoms with Crippen LogP contribution in [0.25, 0.3) is 0 Å². The minimum absolute atomic E-state index is 0.0367. The molecule has 1 aromatic rings. The summed E-state index contributed by atoms with van der Waals surface area (Å²) in [6.45, 7) is 2.12. The van der Waals surface area contributed by atoms with E-state index in [0.29, 0.717) is 45.7 Å². The molecule has 1 saturated heterocycles. The highest BCUT2D eigenvalue weighted by atomic mass is 16.5. The summed E-state index contributed by atoms with van der Waals surface area (Å²) in [5.41, 5.74) is 11.5. The summed E-state index contributed by atoms with van der Waals surface area (Å²) in [6.07, 6.45) is 3.60. The van der Waals surface area contributed by atoms with Crippen molar-refractivity contribution in [2.75, 3.05) is 32.8 Å². The van der Waals surface area contributed by atoms with Crippen LogP contribution in [0, 0.1) is 0 Å². The first-order chi connectivity index (χ1) is 15.8. The lowest BCUT2D eigenvalue weighted by atomic mass is 10.0. The van der Waals surface area contributed by atoms with E-state index in [0.717, 1.165) is 11.6 Å². The number of carboxylic acid groups (broad SMARTS) is 1. The third-order valence-corrected chi connectivity index (χ3v) is 4.96. The average molecular weight is 461 g/mol. The summed E-state index contributed by atoms with van der Waals surface area (Å²) in [4.78, 5) is 42.4. The van der Waals surface area contributed by atoms with E-state index in [4.69, 9.17) is 21.3 Å². The Labute approximate surface area is 192 Å². The van der Waals surface area contributed by atoms with Crippen molar-refractivity contribution in [1.82, 2.24) is 15.5 Å². The molecule has 0 aromatic heterocycles. The number of ether oxygens (including phenoxy) is 1. The summed E-state index contributed by atoms with van der Waals surface area (Å²) in [6, 6.07) is 7.57. The number of carbonyl (C=O) groups is 3. The first-order valence-corrected chi connectivity index (χ1v) is 10.8. The molecule has 0 saturated carbocycles. The van der Waals surface area contributed by atoms with Crippen LogP contribution in [-0.4, -0.2) is 78.8 Å². The highest BCUT2D eigenvalue weighted by Crippen LogP contribution is 2.07. The van der Waals surface area contributed by atoms with Crippen LogP contribution in [0.1, 0.15) is 18.4 Å². The second-order valence-electron chi connectivity index (χ2n) is 7.55. The monoisotopic (exact) mass is 460 g/mol. The maximum Gasteiger partial charge on any atom is 0.328 e. The Morgan fingerprint density at radius 2 is 1.85 bits per heavy atom. The predicted molar refractivity (Wildman–Crippen MR) is 123 cm³/mol. The molecule has 0 unspecified atom stereocenters. The lowest BCUT2D eigenvalue weighted by Crippen LogP contribution is -2.55. The Hall–Kier alpha value is -3.60. The van der Waals surface area contributed by atoms with Gasteiger partial charge in [0.1, 0.15) is 6.04 Å². The standard InChI is InChI=1S/C22H32N6O5/c23-21(24)25-10-4-7-17(8-9-19(29)30)26-20(31)18(15-16-5-2-1-3-6-16)27-22(32)28-11-13-33-14-12-28/h1-3,5-6,8-9,17-18H,4,7,10-15H2,(H,26,31)(H,27,32)(H,29,30)(H4,23,24,25)/b9-8+/t17-,18-/m0/s1. The van der Waals surface area contributed by atoms with Crippen molar-refractivity contribution in [3.8, 4) is 0 Å². The van der Waals surface area contributed by atoms with Crippen LogP contribution in [0.3, 0.4) is 0 Å². The SMILES string of the molecule is NC(N)=NCCC[C@@H](/C=C/C(=O)O)NC(=O)[C@H](Cc1ccccc1)NC(=O)N1CCOCC1. The van der Waals surface area contributed by atoms with Crippen molar-refractivity contribution in [1.29, 1.82) is 0 Å². The van der Waals surface area contributed by atoms with Crippen LogP contribution in [0.4, 0.5) is 4.79 Å². The van der Waals surface area contributed by atoms with Crippen LogP contribution in [0.5, 0.6) is 0 Å². The van der Waals surface area contributed by atoms with Crippen LogP contribution in [-0.2, 0) is 20.7 Å². The Bertz CT molecular complexity index is 835. The van der Waals surface area contributed by atoms with Crippen LogP contribution in [0.2, 0.25) is 0 Å². The Morgan fingerprint density at radius 3 is 2.48 bits per heavy atom. The van der Waals surface area contributed by atoms with E-state index in [2.05, 4.69) is 15.6 Å². The summed E-state index contributed by atoms with van der Waals surface area (Å²) in [7, 11) is 0. The number of nitrogens with one attached hydrogen (secondary N) is 2. The minimum atomic E-state index is -1.13. The molecule has 11 nitrogen and oxygen atoms in total. The lowest BCUT2D eigenvalue weighted by molar-refractivity contribution is -0.131. The van der Waals surface area contributed by atoms with E-state index in [1.54, 1.807) is 4.90 Å².